The maximum absolute atomic E-state index is 12.7. The second kappa shape index (κ2) is 9.98. The van der Waals surface area contributed by atoms with E-state index in [0.29, 0.717) is 35.4 Å². The molecule has 0 bridgehead atoms. The Morgan fingerprint density at radius 2 is 1.90 bits per heavy atom. The first-order valence-electron chi connectivity index (χ1n) is 10.4. The Hall–Kier alpha value is -2.83. The van der Waals surface area contributed by atoms with Gasteiger partial charge in [0.25, 0.3) is 5.56 Å². The van der Waals surface area contributed by atoms with Crippen molar-refractivity contribution in [1.29, 1.82) is 5.41 Å². The molecule has 0 fully saturated rings. The average molecular weight is 437 g/mol. The molecule has 1 aromatic heterocycles. The van der Waals surface area contributed by atoms with Crippen LogP contribution in [-0.2, 0) is 6.42 Å². The number of ether oxygens (including phenoxy) is 1. The summed E-state index contributed by atoms with van der Waals surface area (Å²) in [5, 5.41) is 19.1. The Kier molecular flexibility index (Phi) is 7.36. The van der Waals surface area contributed by atoms with Crippen LogP contribution in [0.3, 0.4) is 0 Å². The van der Waals surface area contributed by atoms with Gasteiger partial charge in [0.15, 0.2) is 0 Å². The molecule has 0 spiro atoms. The van der Waals surface area contributed by atoms with Crippen molar-refractivity contribution >= 4 is 33.7 Å². The first-order chi connectivity index (χ1) is 14.8. The third-order valence-corrected chi connectivity index (χ3v) is 5.92. The van der Waals surface area contributed by atoms with Crippen molar-refractivity contribution in [1.82, 2.24) is 4.98 Å². The molecule has 0 radical (unpaired) electrons. The standard InChI is InChI=1S/C25H28N2O3S/c1-4-30-21-7-5-17(6-8-21)22(26)24(31)18(9-10-28)13-20-14-19-12-15(2)11-16(3)23(19)27-25(20)29/h5-8,11-12,14,18,26,28H,4,9-10,13H2,1-3H3,(H,27,29). The number of hydrogen-bond donors (Lipinski definition) is 3. The van der Waals surface area contributed by atoms with Gasteiger partial charge in [0.2, 0.25) is 0 Å². The summed E-state index contributed by atoms with van der Waals surface area (Å²) < 4.78 is 5.46. The van der Waals surface area contributed by atoms with Crippen LogP contribution in [0.15, 0.2) is 47.3 Å². The Morgan fingerprint density at radius 1 is 1.19 bits per heavy atom. The number of fused-ring (bicyclic) bond motifs is 1. The van der Waals surface area contributed by atoms with E-state index < -0.39 is 0 Å². The van der Waals surface area contributed by atoms with E-state index in [0.717, 1.165) is 27.8 Å². The van der Waals surface area contributed by atoms with Gasteiger partial charge in [-0.25, -0.2) is 0 Å². The van der Waals surface area contributed by atoms with Crippen molar-refractivity contribution in [2.75, 3.05) is 13.2 Å². The number of nitrogens with one attached hydrogen (secondary N) is 2. The Bertz CT molecular complexity index is 1170. The number of aliphatic hydroxyl groups is 1. The zero-order chi connectivity index (χ0) is 22.5. The number of rotatable bonds is 9. The van der Waals surface area contributed by atoms with Crippen LogP contribution >= 0.6 is 12.2 Å². The van der Waals surface area contributed by atoms with Crippen molar-refractivity contribution in [2.24, 2.45) is 5.92 Å². The summed E-state index contributed by atoms with van der Waals surface area (Å²) in [4.78, 5) is 16.2. The van der Waals surface area contributed by atoms with Crippen LogP contribution in [0.25, 0.3) is 10.9 Å². The van der Waals surface area contributed by atoms with Crippen molar-refractivity contribution in [2.45, 2.75) is 33.6 Å². The molecule has 0 aliphatic carbocycles. The second-order valence-electron chi connectivity index (χ2n) is 7.78. The molecule has 3 N–H and O–H groups in total. The van der Waals surface area contributed by atoms with Gasteiger partial charge in [-0.2, -0.15) is 0 Å². The van der Waals surface area contributed by atoms with Crippen molar-refractivity contribution in [3.8, 4) is 5.75 Å². The fraction of sp³-hybridized carbons (Fsp3) is 0.320. The lowest BCUT2D eigenvalue weighted by atomic mass is 9.89. The molecule has 0 aliphatic heterocycles. The zero-order valence-electron chi connectivity index (χ0n) is 18.1. The number of hydrogen-bond acceptors (Lipinski definition) is 5. The van der Waals surface area contributed by atoms with E-state index in [-0.39, 0.29) is 23.8 Å². The largest absolute Gasteiger partial charge is 0.494 e. The lowest BCUT2D eigenvalue weighted by molar-refractivity contribution is 0.274. The first-order valence-corrected chi connectivity index (χ1v) is 10.8. The number of pyridine rings is 1. The molecule has 162 valence electrons. The summed E-state index contributed by atoms with van der Waals surface area (Å²) >= 11 is 5.63. The van der Waals surface area contributed by atoms with Crippen LogP contribution in [-0.4, -0.2) is 33.9 Å². The molecule has 0 saturated carbocycles. The number of aryl methyl sites for hydroxylation is 2. The normalized spacial score (nSPS) is 12.0. The lowest BCUT2D eigenvalue weighted by Gasteiger charge is -2.18. The predicted molar refractivity (Wildman–Crippen MR) is 130 cm³/mol. The lowest BCUT2D eigenvalue weighted by Crippen LogP contribution is -2.27. The molecule has 2 aromatic carbocycles. The van der Waals surface area contributed by atoms with E-state index in [1.165, 1.54) is 0 Å². The summed E-state index contributed by atoms with van der Waals surface area (Å²) in [6.07, 6.45) is 0.764. The number of H-pyrrole nitrogens is 1. The molecule has 5 nitrogen and oxygen atoms in total. The topological polar surface area (TPSA) is 86.2 Å². The fourth-order valence-electron chi connectivity index (χ4n) is 3.86. The molecule has 6 heteroatoms. The fourth-order valence-corrected chi connectivity index (χ4v) is 4.18. The van der Waals surface area contributed by atoms with E-state index in [2.05, 4.69) is 4.98 Å². The second-order valence-corrected chi connectivity index (χ2v) is 8.22. The van der Waals surface area contributed by atoms with E-state index in [1.807, 2.05) is 63.2 Å². The first kappa shape index (κ1) is 22.8. The average Bonchev–Trinajstić information content (AvgIpc) is 2.74. The van der Waals surface area contributed by atoms with Crippen molar-refractivity contribution < 1.29 is 9.84 Å². The Labute approximate surface area is 187 Å². The summed E-state index contributed by atoms with van der Waals surface area (Å²) in [6, 6.07) is 13.2. The smallest absolute Gasteiger partial charge is 0.251 e. The molecule has 3 rings (SSSR count). The van der Waals surface area contributed by atoms with Gasteiger partial charge in [-0.15, -0.1) is 0 Å². The van der Waals surface area contributed by atoms with Gasteiger partial charge < -0.3 is 14.8 Å². The molecule has 31 heavy (non-hydrogen) atoms. The molecule has 0 aliphatic rings. The number of benzene rings is 2. The van der Waals surface area contributed by atoms with Gasteiger partial charge in [0.05, 0.1) is 17.8 Å². The number of aromatic nitrogens is 1. The highest BCUT2D eigenvalue weighted by molar-refractivity contribution is 7.82. The summed E-state index contributed by atoms with van der Waals surface area (Å²) in [7, 11) is 0. The van der Waals surface area contributed by atoms with Gasteiger partial charge in [-0.1, -0.05) is 23.8 Å². The Balaban J connectivity index is 1.88. The highest BCUT2D eigenvalue weighted by atomic mass is 32.1. The van der Waals surface area contributed by atoms with Gasteiger partial charge in [-0.05, 0) is 81.0 Å². The van der Waals surface area contributed by atoms with Gasteiger partial charge >= 0.3 is 0 Å². The van der Waals surface area contributed by atoms with Gasteiger partial charge in [0.1, 0.15) is 5.75 Å². The molecular weight excluding hydrogens is 408 g/mol. The molecule has 0 amide bonds. The summed E-state index contributed by atoms with van der Waals surface area (Å²) in [6.45, 7) is 6.44. The third-order valence-electron chi connectivity index (χ3n) is 5.39. The minimum absolute atomic E-state index is 0.0644. The van der Waals surface area contributed by atoms with Crippen LogP contribution in [0.1, 0.15) is 35.6 Å². The number of aliphatic hydroxyl groups excluding tert-OH is 1. The Morgan fingerprint density at radius 3 is 2.55 bits per heavy atom. The highest BCUT2D eigenvalue weighted by Crippen LogP contribution is 2.22. The van der Waals surface area contributed by atoms with Crippen LogP contribution in [0.4, 0.5) is 0 Å². The minimum Gasteiger partial charge on any atom is -0.494 e. The predicted octanol–water partition coefficient (Wildman–Crippen LogP) is 4.52. The summed E-state index contributed by atoms with van der Waals surface area (Å²) in [5.74, 6) is 0.452. The number of aromatic amines is 1. The maximum atomic E-state index is 12.7. The molecule has 3 aromatic rings. The van der Waals surface area contributed by atoms with Crippen molar-refractivity contribution in [3.05, 3.63) is 75.1 Å². The minimum atomic E-state index is -0.288. The van der Waals surface area contributed by atoms with E-state index in [4.69, 9.17) is 22.4 Å². The molecular formula is C25H28N2O3S. The van der Waals surface area contributed by atoms with Crippen LogP contribution < -0.4 is 10.3 Å². The molecule has 0 saturated heterocycles. The van der Waals surface area contributed by atoms with Gasteiger partial charge in [-0.3, -0.25) is 10.2 Å². The molecule has 1 heterocycles. The van der Waals surface area contributed by atoms with E-state index >= 15 is 0 Å². The molecule has 1 atom stereocenters. The van der Waals surface area contributed by atoms with Gasteiger partial charge in [0, 0.05) is 28.5 Å². The highest BCUT2D eigenvalue weighted by Gasteiger charge is 2.21. The van der Waals surface area contributed by atoms with Crippen molar-refractivity contribution in [3.63, 3.8) is 0 Å². The SMILES string of the molecule is CCOc1ccc(C(=N)C(=S)C(CCO)Cc2cc3cc(C)cc(C)c3[nH]c2=O)cc1. The van der Waals surface area contributed by atoms with E-state index in [9.17, 15) is 9.90 Å². The van der Waals surface area contributed by atoms with Crippen LogP contribution in [0.5, 0.6) is 5.75 Å². The van der Waals surface area contributed by atoms with Crippen LogP contribution in [0.2, 0.25) is 0 Å². The summed E-state index contributed by atoms with van der Waals surface area (Å²) in [5.41, 5.74) is 4.37. The zero-order valence-corrected chi connectivity index (χ0v) is 18.9. The molecule has 1 unspecified atom stereocenters. The number of thiocarbonyl (C=S) groups is 1. The quantitative estimate of drug-likeness (QED) is 0.340. The third kappa shape index (κ3) is 5.27. The van der Waals surface area contributed by atoms with Crippen LogP contribution in [0, 0.1) is 25.2 Å². The maximum Gasteiger partial charge on any atom is 0.251 e. The van der Waals surface area contributed by atoms with E-state index in [1.54, 1.807) is 0 Å². The monoisotopic (exact) mass is 436 g/mol.